The van der Waals surface area contributed by atoms with Gasteiger partial charge in [0.05, 0.1) is 0 Å². The molecule has 1 fully saturated rings. The first kappa shape index (κ1) is 9.83. The lowest BCUT2D eigenvalue weighted by Gasteiger charge is -2.29. The SMILES string of the molecule is NC(=O)N(C(N)=O)C1CCCCC1. The summed E-state index contributed by atoms with van der Waals surface area (Å²) in [5, 5.41) is 0. The fourth-order valence-electron chi connectivity index (χ4n) is 1.81. The molecule has 0 atom stereocenters. The van der Waals surface area contributed by atoms with Crippen LogP contribution in [0.2, 0.25) is 0 Å². The zero-order chi connectivity index (χ0) is 9.84. The highest BCUT2D eigenvalue weighted by Gasteiger charge is 2.27. The van der Waals surface area contributed by atoms with E-state index in [-0.39, 0.29) is 6.04 Å². The summed E-state index contributed by atoms with van der Waals surface area (Å²) >= 11 is 0. The molecule has 0 aliphatic heterocycles. The number of nitrogens with two attached hydrogens (primary N) is 2. The Bertz CT molecular complexity index is 197. The van der Waals surface area contributed by atoms with Gasteiger partial charge in [-0.3, -0.25) is 0 Å². The largest absolute Gasteiger partial charge is 0.351 e. The Labute approximate surface area is 77.1 Å². The number of hydrogen-bond donors (Lipinski definition) is 2. The summed E-state index contributed by atoms with van der Waals surface area (Å²) in [6.45, 7) is 0. The van der Waals surface area contributed by atoms with E-state index < -0.39 is 12.1 Å². The van der Waals surface area contributed by atoms with Gasteiger partial charge in [-0.1, -0.05) is 19.3 Å². The number of amides is 4. The highest BCUT2D eigenvalue weighted by Crippen LogP contribution is 2.22. The van der Waals surface area contributed by atoms with E-state index in [9.17, 15) is 9.59 Å². The fraction of sp³-hybridized carbons (Fsp3) is 0.750. The fourth-order valence-corrected chi connectivity index (χ4v) is 1.81. The van der Waals surface area contributed by atoms with E-state index >= 15 is 0 Å². The summed E-state index contributed by atoms with van der Waals surface area (Å²) in [6, 6.07) is -1.55. The van der Waals surface area contributed by atoms with Gasteiger partial charge in [0, 0.05) is 6.04 Å². The predicted molar refractivity (Wildman–Crippen MR) is 47.9 cm³/mol. The maximum absolute atomic E-state index is 10.9. The van der Waals surface area contributed by atoms with Crippen molar-refractivity contribution < 1.29 is 9.59 Å². The third-order valence-electron chi connectivity index (χ3n) is 2.41. The van der Waals surface area contributed by atoms with E-state index in [2.05, 4.69) is 0 Å². The van der Waals surface area contributed by atoms with Gasteiger partial charge in [-0.05, 0) is 12.8 Å². The topological polar surface area (TPSA) is 89.4 Å². The van der Waals surface area contributed by atoms with Crippen LogP contribution in [-0.2, 0) is 0 Å². The minimum Gasteiger partial charge on any atom is -0.351 e. The molecule has 1 rings (SSSR count). The van der Waals surface area contributed by atoms with Crippen LogP contribution >= 0.6 is 0 Å². The van der Waals surface area contributed by atoms with Crippen molar-refractivity contribution in [2.45, 2.75) is 38.1 Å². The number of carbonyl (C=O) groups is 2. The van der Waals surface area contributed by atoms with Gasteiger partial charge in [0.15, 0.2) is 0 Å². The molecule has 4 amide bonds. The number of nitrogens with zero attached hydrogens (tertiary/aromatic N) is 1. The second kappa shape index (κ2) is 4.11. The second-order valence-electron chi connectivity index (χ2n) is 3.34. The highest BCUT2D eigenvalue weighted by atomic mass is 16.2. The van der Waals surface area contributed by atoms with Crippen LogP contribution in [0, 0.1) is 0 Å². The molecule has 1 saturated carbocycles. The zero-order valence-electron chi connectivity index (χ0n) is 7.53. The van der Waals surface area contributed by atoms with Gasteiger partial charge in [-0.15, -0.1) is 0 Å². The molecule has 0 aromatic rings. The molecule has 0 spiro atoms. The van der Waals surface area contributed by atoms with Crippen LogP contribution in [0.3, 0.4) is 0 Å². The number of hydrogen-bond acceptors (Lipinski definition) is 2. The van der Waals surface area contributed by atoms with Crippen LogP contribution in [0.1, 0.15) is 32.1 Å². The van der Waals surface area contributed by atoms with Gasteiger partial charge in [0.25, 0.3) is 0 Å². The monoisotopic (exact) mass is 185 g/mol. The third kappa shape index (κ3) is 2.34. The van der Waals surface area contributed by atoms with Gasteiger partial charge in [0.1, 0.15) is 0 Å². The van der Waals surface area contributed by atoms with E-state index in [1.54, 1.807) is 0 Å². The molecule has 4 N–H and O–H groups in total. The second-order valence-corrected chi connectivity index (χ2v) is 3.34. The molecule has 5 nitrogen and oxygen atoms in total. The van der Waals surface area contributed by atoms with Gasteiger partial charge in [-0.2, -0.15) is 0 Å². The van der Waals surface area contributed by atoms with E-state index in [1.807, 2.05) is 0 Å². The Morgan fingerprint density at radius 1 is 1.00 bits per heavy atom. The van der Waals surface area contributed by atoms with Crippen molar-refractivity contribution in [3.8, 4) is 0 Å². The molecule has 1 aliphatic carbocycles. The molecule has 1 aliphatic rings. The lowest BCUT2D eigenvalue weighted by atomic mass is 9.94. The lowest BCUT2D eigenvalue weighted by Crippen LogP contribution is -2.50. The maximum Gasteiger partial charge on any atom is 0.323 e. The average Bonchev–Trinajstić information content (AvgIpc) is 2.04. The van der Waals surface area contributed by atoms with Crippen molar-refractivity contribution >= 4 is 12.1 Å². The van der Waals surface area contributed by atoms with Crippen molar-refractivity contribution in [2.75, 3.05) is 0 Å². The van der Waals surface area contributed by atoms with Crippen LogP contribution in [-0.4, -0.2) is 23.0 Å². The van der Waals surface area contributed by atoms with Gasteiger partial charge in [-0.25, -0.2) is 14.5 Å². The molecule has 0 unspecified atom stereocenters. The Balaban J connectivity index is 2.62. The molecule has 74 valence electrons. The minimum absolute atomic E-state index is 0.0799. The normalized spacial score (nSPS) is 18.2. The van der Waals surface area contributed by atoms with Crippen molar-refractivity contribution in [3.63, 3.8) is 0 Å². The molecular weight excluding hydrogens is 170 g/mol. The van der Waals surface area contributed by atoms with E-state index in [0.29, 0.717) is 0 Å². The zero-order valence-corrected chi connectivity index (χ0v) is 7.53. The number of primary amides is 2. The summed E-state index contributed by atoms with van der Waals surface area (Å²) in [5.41, 5.74) is 10.1. The van der Waals surface area contributed by atoms with Crippen LogP contribution in [0.4, 0.5) is 9.59 Å². The van der Waals surface area contributed by atoms with Gasteiger partial charge in [0.2, 0.25) is 0 Å². The molecule has 0 heterocycles. The Hall–Kier alpha value is -1.26. The third-order valence-corrected chi connectivity index (χ3v) is 2.41. The first-order valence-corrected chi connectivity index (χ1v) is 4.51. The lowest BCUT2D eigenvalue weighted by molar-refractivity contribution is 0.167. The maximum atomic E-state index is 10.9. The molecule has 0 aromatic carbocycles. The van der Waals surface area contributed by atoms with Crippen molar-refractivity contribution in [2.24, 2.45) is 11.5 Å². The smallest absolute Gasteiger partial charge is 0.323 e. The van der Waals surface area contributed by atoms with E-state index in [0.717, 1.165) is 37.0 Å². The standard InChI is InChI=1S/C8H15N3O2/c9-7(12)11(8(10)13)6-4-2-1-3-5-6/h6H,1-5H2,(H2,9,12)(H2,10,13). The minimum atomic E-state index is -0.737. The summed E-state index contributed by atoms with van der Waals surface area (Å²) in [4.78, 5) is 22.7. The Kier molecular flexibility index (Phi) is 3.11. The Morgan fingerprint density at radius 2 is 1.46 bits per heavy atom. The van der Waals surface area contributed by atoms with Crippen LogP contribution in [0.5, 0.6) is 0 Å². The highest BCUT2D eigenvalue weighted by molar-refractivity contribution is 5.92. The van der Waals surface area contributed by atoms with Gasteiger partial charge >= 0.3 is 12.1 Å². The number of carbonyl (C=O) groups excluding carboxylic acids is 2. The van der Waals surface area contributed by atoms with E-state index in [1.165, 1.54) is 0 Å². The first-order chi connectivity index (χ1) is 6.13. The summed E-state index contributed by atoms with van der Waals surface area (Å²) in [5.74, 6) is 0. The summed E-state index contributed by atoms with van der Waals surface area (Å²) < 4.78 is 0. The van der Waals surface area contributed by atoms with Crippen LogP contribution in [0.15, 0.2) is 0 Å². The molecular formula is C8H15N3O2. The quantitative estimate of drug-likeness (QED) is 0.632. The molecule has 13 heavy (non-hydrogen) atoms. The molecule has 0 saturated heterocycles. The summed E-state index contributed by atoms with van der Waals surface area (Å²) in [7, 11) is 0. The first-order valence-electron chi connectivity index (χ1n) is 4.51. The van der Waals surface area contributed by atoms with Crippen molar-refractivity contribution in [1.82, 2.24) is 4.90 Å². The van der Waals surface area contributed by atoms with E-state index in [4.69, 9.17) is 11.5 Å². The molecule has 0 bridgehead atoms. The number of urea groups is 2. The van der Waals surface area contributed by atoms with Crippen LogP contribution in [0.25, 0.3) is 0 Å². The average molecular weight is 185 g/mol. The van der Waals surface area contributed by atoms with Crippen molar-refractivity contribution in [1.29, 1.82) is 0 Å². The predicted octanol–water partition coefficient (Wildman–Crippen LogP) is 0.778. The van der Waals surface area contributed by atoms with Crippen molar-refractivity contribution in [3.05, 3.63) is 0 Å². The van der Waals surface area contributed by atoms with Gasteiger partial charge < -0.3 is 11.5 Å². The molecule has 0 radical (unpaired) electrons. The molecule has 5 heteroatoms. The Morgan fingerprint density at radius 3 is 1.85 bits per heavy atom. The number of imide groups is 1. The summed E-state index contributed by atoms with van der Waals surface area (Å²) in [6.07, 6.45) is 4.86. The molecule has 0 aromatic heterocycles. The van der Waals surface area contributed by atoms with Crippen LogP contribution < -0.4 is 11.5 Å². The number of rotatable bonds is 1.